The maximum atomic E-state index is 13.1. The van der Waals surface area contributed by atoms with E-state index < -0.39 is 21.7 Å². The minimum Gasteiger partial charge on any atom is -0.325 e. The SMILES string of the molecule is Cc1nc(-c2cccc(NC(=O)CN(Cc3ccc(F)cc3)S(C)(=O)=O)c2)cs1. The normalized spacial score (nSPS) is 11.6. The summed E-state index contributed by atoms with van der Waals surface area (Å²) in [6.07, 6.45) is 1.04. The van der Waals surface area contributed by atoms with Gasteiger partial charge in [0, 0.05) is 23.2 Å². The minimum absolute atomic E-state index is 0.0231. The van der Waals surface area contributed by atoms with Crippen molar-refractivity contribution in [2.75, 3.05) is 18.1 Å². The summed E-state index contributed by atoms with van der Waals surface area (Å²) >= 11 is 1.54. The van der Waals surface area contributed by atoms with Crippen molar-refractivity contribution in [1.29, 1.82) is 0 Å². The quantitative estimate of drug-likeness (QED) is 0.617. The van der Waals surface area contributed by atoms with Crippen molar-refractivity contribution in [2.45, 2.75) is 13.5 Å². The molecule has 0 saturated heterocycles. The number of hydrogen-bond donors (Lipinski definition) is 1. The van der Waals surface area contributed by atoms with Crippen LogP contribution in [0.1, 0.15) is 10.6 Å². The monoisotopic (exact) mass is 433 g/mol. The molecule has 29 heavy (non-hydrogen) atoms. The number of benzene rings is 2. The molecule has 0 aliphatic carbocycles. The number of amides is 1. The van der Waals surface area contributed by atoms with Crippen molar-refractivity contribution < 1.29 is 17.6 Å². The zero-order chi connectivity index (χ0) is 21.0. The number of rotatable bonds is 7. The van der Waals surface area contributed by atoms with Gasteiger partial charge in [-0.15, -0.1) is 11.3 Å². The van der Waals surface area contributed by atoms with Crippen LogP contribution >= 0.6 is 11.3 Å². The smallest absolute Gasteiger partial charge is 0.239 e. The van der Waals surface area contributed by atoms with E-state index in [0.29, 0.717) is 11.3 Å². The first-order chi connectivity index (χ1) is 13.7. The molecule has 0 spiro atoms. The topological polar surface area (TPSA) is 79.4 Å². The second-order valence-electron chi connectivity index (χ2n) is 6.54. The number of aryl methyl sites for hydroxylation is 1. The van der Waals surface area contributed by atoms with Crippen molar-refractivity contribution in [3.63, 3.8) is 0 Å². The molecule has 152 valence electrons. The van der Waals surface area contributed by atoms with Gasteiger partial charge in [0.1, 0.15) is 5.82 Å². The Morgan fingerprint density at radius 3 is 2.55 bits per heavy atom. The third kappa shape index (κ3) is 5.93. The Balaban J connectivity index is 1.71. The maximum absolute atomic E-state index is 13.1. The van der Waals surface area contributed by atoms with Gasteiger partial charge >= 0.3 is 0 Å². The summed E-state index contributed by atoms with van der Waals surface area (Å²) in [4.78, 5) is 16.9. The summed E-state index contributed by atoms with van der Waals surface area (Å²) in [5.41, 5.74) is 2.81. The highest BCUT2D eigenvalue weighted by molar-refractivity contribution is 7.88. The van der Waals surface area contributed by atoms with E-state index in [9.17, 15) is 17.6 Å². The predicted octanol–water partition coefficient (Wildman–Crippen LogP) is 3.66. The number of nitrogens with zero attached hydrogens (tertiary/aromatic N) is 2. The fraction of sp³-hybridized carbons (Fsp3) is 0.200. The number of anilines is 1. The van der Waals surface area contributed by atoms with Gasteiger partial charge in [0.2, 0.25) is 15.9 Å². The molecule has 0 fully saturated rings. The number of hydrogen-bond acceptors (Lipinski definition) is 5. The summed E-state index contributed by atoms with van der Waals surface area (Å²) < 4.78 is 38.3. The van der Waals surface area contributed by atoms with Crippen LogP contribution in [0.2, 0.25) is 0 Å². The van der Waals surface area contributed by atoms with E-state index >= 15 is 0 Å². The first-order valence-corrected chi connectivity index (χ1v) is 11.5. The molecule has 0 aliphatic heterocycles. The first-order valence-electron chi connectivity index (χ1n) is 8.73. The molecule has 0 atom stereocenters. The summed E-state index contributed by atoms with van der Waals surface area (Å²) in [5, 5.41) is 5.61. The number of aromatic nitrogens is 1. The zero-order valence-electron chi connectivity index (χ0n) is 15.9. The van der Waals surface area contributed by atoms with E-state index in [2.05, 4.69) is 10.3 Å². The average Bonchev–Trinajstić information content (AvgIpc) is 3.09. The molecule has 1 aromatic heterocycles. The second kappa shape index (κ2) is 8.81. The fourth-order valence-corrected chi connectivity index (χ4v) is 4.05. The van der Waals surface area contributed by atoms with Gasteiger partial charge in [-0.05, 0) is 36.8 Å². The van der Waals surface area contributed by atoms with Crippen molar-refractivity contribution >= 4 is 33.0 Å². The highest BCUT2D eigenvalue weighted by atomic mass is 32.2. The standard InChI is InChI=1S/C20H20FN3O3S2/c1-14-22-19(13-28-14)16-4-3-5-18(10-16)23-20(25)12-24(29(2,26)27)11-15-6-8-17(21)9-7-15/h3-10,13H,11-12H2,1-2H3,(H,23,25). The minimum atomic E-state index is -3.64. The summed E-state index contributed by atoms with van der Waals surface area (Å²) in [6.45, 7) is 1.54. The maximum Gasteiger partial charge on any atom is 0.239 e. The van der Waals surface area contributed by atoms with Gasteiger partial charge in [0.15, 0.2) is 0 Å². The van der Waals surface area contributed by atoms with Gasteiger partial charge in [0.25, 0.3) is 0 Å². The molecule has 0 unspecified atom stereocenters. The number of halogens is 1. The predicted molar refractivity (Wildman–Crippen MR) is 113 cm³/mol. The first kappa shape index (κ1) is 21.1. The Hall–Kier alpha value is -2.62. The average molecular weight is 434 g/mol. The molecule has 0 saturated carbocycles. The highest BCUT2D eigenvalue weighted by Crippen LogP contribution is 2.24. The van der Waals surface area contributed by atoms with E-state index in [1.165, 1.54) is 35.6 Å². The fourth-order valence-electron chi connectivity index (χ4n) is 2.70. The molecule has 1 heterocycles. The van der Waals surface area contributed by atoms with Crippen LogP contribution in [0.3, 0.4) is 0 Å². The number of nitrogens with one attached hydrogen (secondary N) is 1. The largest absolute Gasteiger partial charge is 0.325 e. The lowest BCUT2D eigenvalue weighted by atomic mass is 10.1. The lowest BCUT2D eigenvalue weighted by Gasteiger charge is -2.19. The molecular formula is C20H20FN3O3S2. The molecule has 1 N–H and O–H groups in total. The molecule has 6 nitrogen and oxygen atoms in total. The van der Waals surface area contributed by atoms with Crippen LogP contribution in [0.25, 0.3) is 11.3 Å². The molecule has 0 aliphatic rings. The summed E-state index contributed by atoms with van der Waals surface area (Å²) in [6, 6.07) is 12.7. The lowest BCUT2D eigenvalue weighted by molar-refractivity contribution is -0.116. The molecule has 3 rings (SSSR count). The number of carbonyl (C=O) groups excluding carboxylic acids is 1. The van der Waals surface area contributed by atoms with Gasteiger partial charge in [-0.2, -0.15) is 4.31 Å². The van der Waals surface area contributed by atoms with Gasteiger partial charge in [-0.25, -0.2) is 17.8 Å². The number of thiazole rings is 1. The molecular weight excluding hydrogens is 413 g/mol. The van der Waals surface area contributed by atoms with E-state index in [1.54, 1.807) is 18.2 Å². The number of sulfonamides is 1. The van der Waals surface area contributed by atoms with Gasteiger partial charge in [-0.3, -0.25) is 4.79 Å². The van der Waals surface area contributed by atoms with E-state index in [4.69, 9.17) is 0 Å². The molecule has 3 aromatic rings. The van der Waals surface area contributed by atoms with Crippen LogP contribution in [0.5, 0.6) is 0 Å². The second-order valence-corrected chi connectivity index (χ2v) is 9.58. The summed E-state index contributed by atoms with van der Waals surface area (Å²) in [7, 11) is -3.64. The Kier molecular flexibility index (Phi) is 6.41. The third-order valence-corrected chi connectivity index (χ3v) is 6.09. The van der Waals surface area contributed by atoms with Crippen LogP contribution in [0.15, 0.2) is 53.9 Å². The third-order valence-electron chi connectivity index (χ3n) is 4.12. The highest BCUT2D eigenvalue weighted by Gasteiger charge is 2.21. The van der Waals surface area contributed by atoms with E-state index in [1.807, 2.05) is 18.4 Å². The molecule has 2 aromatic carbocycles. The lowest BCUT2D eigenvalue weighted by Crippen LogP contribution is -2.36. The Labute approximate surface area is 173 Å². The van der Waals surface area contributed by atoms with Crippen LogP contribution in [0.4, 0.5) is 10.1 Å². The Morgan fingerprint density at radius 1 is 1.21 bits per heavy atom. The number of carbonyl (C=O) groups is 1. The van der Waals surface area contributed by atoms with Gasteiger partial charge in [0.05, 0.1) is 23.5 Å². The summed E-state index contributed by atoms with van der Waals surface area (Å²) in [5.74, 6) is -0.878. The van der Waals surface area contributed by atoms with E-state index in [-0.39, 0.29) is 13.1 Å². The van der Waals surface area contributed by atoms with Crippen molar-refractivity contribution in [3.8, 4) is 11.3 Å². The van der Waals surface area contributed by atoms with Crippen molar-refractivity contribution in [3.05, 3.63) is 70.3 Å². The molecule has 0 bridgehead atoms. The molecule has 0 radical (unpaired) electrons. The van der Waals surface area contributed by atoms with Crippen LogP contribution in [-0.4, -0.2) is 36.4 Å². The van der Waals surface area contributed by atoms with Crippen LogP contribution in [-0.2, 0) is 21.4 Å². The van der Waals surface area contributed by atoms with Crippen LogP contribution < -0.4 is 5.32 Å². The van der Waals surface area contributed by atoms with Crippen molar-refractivity contribution in [2.24, 2.45) is 0 Å². The van der Waals surface area contributed by atoms with Gasteiger partial charge in [-0.1, -0.05) is 24.3 Å². The molecule has 1 amide bonds. The Bertz CT molecular complexity index is 1110. The Morgan fingerprint density at radius 2 is 1.93 bits per heavy atom. The van der Waals surface area contributed by atoms with Gasteiger partial charge < -0.3 is 5.32 Å². The van der Waals surface area contributed by atoms with Crippen molar-refractivity contribution in [1.82, 2.24) is 9.29 Å². The van der Waals surface area contributed by atoms with E-state index in [0.717, 1.165) is 26.8 Å². The molecule has 9 heteroatoms. The van der Waals surface area contributed by atoms with Crippen LogP contribution in [0, 0.1) is 12.7 Å². The zero-order valence-corrected chi connectivity index (χ0v) is 17.6.